The van der Waals surface area contributed by atoms with Gasteiger partial charge in [0.2, 0.25) is 0 Å². The lowest BCUT2D eigenvalue weighted by Crippen LogP contribution is -1.96. The monoisotopic (exact) mass is 182 g/mol. The molecule has 1 aliphatic carbocycles. The molecule has 0 amide bonds. The minimum absolute atomic E-state index is 0.0797. The van der Waals surface area contributed by atoms with Crippen LogP contribution in [0, 0.1) is 0 Å². The van der Waals surface area contributed by atoms with E-state index in [2.05, 4.69) is 30.3 Å². The molecule has 0 saturated heterocycles. The quantitative estimate of drug-likeness (QED) is 0.620. The van der Waals surface area contributed by atoms with Gasteiger partial charge >= 0.3 is 0 Å². The largest absolute Gasteiger partial charge is 0.303 e. The smallest absolute Gasteiger partial charge is 0.127 e. The van der Waals surface area contributed by atoms with Gasteiger partial charge in [-0.25, -0.2) is 0 Å². The SMILES string of the molecule is O=CC1Cc2cccc3cccc1c23. The number of rotatable bonds is 1. The fourth-order valence-electron chi connectivity index (χ4n) is 2.40. The Bertz CT molecular complexity index is 508. The van der Waals surface area contributed by atoms with Gasteiger partial charge in [-0.1, -0.05) is 36.4 Å². The van der Waals surface area contributed by atoms with Crippen molar-refractivity contribution in [2.45, 2.75) is 12.3 Å². The molecule has 0 aliphatic heterocycles. The number of carbonyl (C=O) groups excluding carboxylic acids is 1. The third-order valence-corrected chi connectivity index (χ3v) is 3.03. The summed E-state index contributed by atoms with van der Waals surface area (Å²) in [6.45, 7) is 0. The molecular weight excluding hydrogens is 172 g/mol. The summed E-state index contributed by atoms with van der Waals surface area (Å²) in [6, 6.07) is 12.5. The van der Waals surface area contributed by atoms with E-state index in [1.807, 2.05) is 6.07 Å². The van der Waals surface area contributed by atoms with Crippen LogP contribution in [0.5, 0.6) is 0 Å². The summed E-state index contributed by atoms with van der Waals surface area (Å²) in [6.07, 6.45) is 1.94. The Morgan fingerprint density at radius 3 is 2.71 bits per heavy atom. The van der Waals surface area contributed by atoms with E-state index in [9.17, 15) is 4.79 Å². The summed E-state index contributed by atoms with van der Waals surface area (Å²) in [7, 11) is 0. The minimum Gasteiger partial charge on any atom is -0.303 e. The molecule has 0 radical (unpaired) electrons. The second-order valence-corrected chi connectivity index (χ2v) is 3.81. The summed E-state index contributed by atoms with van der Waals surface area (Å²) in [5.41, 5.74) is 2.52. The molecule has 14 heavy (non-hydrogen) atoms. The van der Waals surface area contributed by atoms with E-state index in [0.717, 1.165) is 12.7 Å². The van der Waals surface area contributed by atoms with Gasteiger partial charge in [0.15, 0.2) is 0 Å². The molecule has 3 rings (SSSR count). The molecule has 1 aliphatic rings. The van der Waals surface area contributed by atoms with E-state index >= 15 is 0 Å². The van der Waals surface area contributed by atoms with Gasteiger partial charge < -0.3 is 4.79 Å². The Balaban J connectivity index is 2.43. The lowest BCUT2D eigenvalue weighted by molar-refractivity contribution is -0.108. The summed E-state index contributed by atoms with van der Waals surface area (Å²) in [4.78, 5) is 10.9. The second kappa shape index (κ2) is 2.68. The van der Waals surface area contributed by atoms with Crippen molar-refractivity contribution in [1.82, 2.24) is 0 Å². The molecule has 2 aromatic rings. The number of carbonyl (C=O) groups is 1. The van der Waals surface area contributed by atoms with Gasteiger partial charge in [-0.05, 0) is 28.3 Å². The van der Waals surface area contributed by atoms with Gasteiger partial charge in [0, 0.05) is 5.92 Å². The van der Waals surface area contributed by atoms with E-state index < -0.39 is 0 Å². The molecule has 2 aromatic carbocycles. The van der Waals surface area contributed by atoms with Crippen molar-refractivity contribution in [1.29, 1.82) is 0 Å². The van der Waals surface area contributed by atoms with Crippen molar-refractivity contribution in [2.75, 3.05) is 0 Å². The average Bonchev–Trinajstić information content (AvgIpc) is 2.60. The molecule has 0 aromatic heterocycles. The molecule has 0 N–H and O–H groups in total. The van der Waals surface area contributed by atoms with E-state index in [4.69, 9.17) is 0 Å². The highest BCUT2D eigenvalue weighted by molar-refractivity contribution is 5.94. The standard InChI is InChI=1S/C13H10O/c14-8-11-7-10-5-1-3-9-4-2-6-12(11)13(9)10/h1-6,8,11H,7H2. The lowest BCUT2D eigenvalue weighted by atomic mass is 10.0. The van der Waals surface area contributed by atoms with Crippen LogP contribution in [0.1, 0.15) is 17.0 Å². The average molecular weight is 182 g/mol. The minimum atomic E-state index is 0.0797. The van der Waals surface area contributed by atoms with Crippen molar-refractivity contribution in [3.8, 4) is 0 Å². The first-order valence-electron chi connectivity index (χ1n) is 4.86. The number of benzene rings is 2. The van der Waals surface area contributed by atoms with Crippen LogP contribution in [-0.2, 0) is 11.2 Å². The van der Waals surface area contributed by atoms with Crippen LogP contribution in [0.2, 0.25) is 0 Å². The first-order chi connectivity index (χ1) is 6.90. The van der Waals surface area contributed by atoms with Crippen LogP contribution in [0.25, 0.3) is 10.8 Å². The summed E-state index contributed by atoms with van der Waals surface area (Å²) in [5.74, 6) is 0.0797. The number of aldehydes is 1. The Hall–Kier alpha value is -1.63. The molecule has 1 unspecified atom stereocenters. The molecule has 1 atom stereocenters. The predicted octanol–water partition coefficient (Wildman–Crippen LogP) is 2.68. The van der Waals surface area contributed by atoms with Crippen LogP contribution in [0.4, 0.5) is 0 Å². The Kier molecular flexibility index (Phi) is 1.48. The van der Waals surface area contributed by atoms with Crippen molar-refractivity contribution >= 4 is 17.1 Å². The molecule has 0 bridgehead atoms. The van der Waals surface area contributed by atoms with Gasteiger partial charge in [0.05, 0.1) is 0 Å². The zero-order valence-electron chi connectivity index (χ0n) is 7.73. The maximum atomic E-state index is 10.9. The topological polar surface area (TPSA) is 17.1 Å². The van der Waals surface area contributed by atoms with Crippen LogP contribution in [-0.4, -0.2) is 6.29 Å². The van der Waals surface area contributed by atoms with Crippen molar-refractivity contribution in [3.63, 3.8) is 0 Å². The first-order valence-corrected chi connectivity index (χ1v) is 4.86. The Morgan fingerprint density at radius 2 is 1.93 bits per heavy atom. The predicted molar refractivity (Wildman–Crippen MR) is 56.5 cm³/mol. The van der Waals surface area contributed by atoms with E-state index in [1.54, 1.807) is 0 Å². The molecule has 0 fully saturated rings. The van der Waals surface area contributed by atoms with E-state index in [0.29, 0.717) is 0 Å². The first kappa shape index (κ1) is 7.74. The molecule has 68 valence electrons. The zero-order valence-corrected chi connectivity index (χ0v) is 7.73. The molecular formula is C13H10O. The lowest BCUT2D eigenvalue weighted by Gasteiger charge is -2.01. The van der Waals surface area contributed by atoms with Crippen LogP contribution < -0.4 is 0 Å². The van der Waals surface area contributed by atoms with E-state index in [1.165, 1.54) is 21.9 Å². The molecule has 0 spiro atoms. The van der Waals surface area contributed by atoms with Crippen LogP contribution >= 0.6 is 0 Å². The van der Waals surface area contributed by atoms with Crippen molar-refractivity contribution < 1.29 is 4.79 Å². The zero-order chi connectivity index (χ0) is 9.54. The van der Waals surface area contributed by atoms with Crippen LogP contribution in [0.15, 0.2) is 36.4 Å². The molecule has 1 heteroatoms. The highest BCUT2D eigenvalue weighted by atomic mass is 16.1. The highest BCUT2D eigenvalue weighted by Crippen LogP contribution is 2.36. The van der Waals surface area contributed by atoms with Gasteiger partial charge in [-0.2, -0.15) is 0 Å². The van der Waals surface area contributed by atoms with Crippen molar-refractivity contribution in [2.24, 2.45) is 0 Å². The summed E-state index contributed by atoms with van der Waals surface area (Å²) < 4.78 is 0. The van der Waals surface area contributed by atoms with Crippen molar-refractivity contribution in [3.05, 3.63) is 47.5 Å². The summed E-state index contributed by atoms with van der Waals surface area (Å²) in [5, 5.41) is 2.55. The molecule has 1 nitrogen and oxygen atoms in total. The number of hydrogen-bond donors (Lipinski definition) is 0. The van der Waals surface area contributed by atoms with Gasteiger partial charge in [0.1, 0.15) is 6.29 Å². The van der Waals surface area contributed by atoms with Gasteiger partial charge in [-0.15, -0.1) is 0 Å². The highest BCUT2D eigenvalue weighted by Gasteiger charge is 2.22. The third kappa shape index (κ3) is 0.869. The Labute approximate surface area is 82.4 Å². The van der Waals surface area contributed by atoms with Gasteiger partial charge in [-0.3, -0.25) is 0 Å². The summed E-state index contributed by atoms with van der Waals surface area (Å²) >= 11 is 0. The fourth-order valence-corrected chi connectivity index (χ4v) is 2.40. The number of hydrogen-bond acceptors (Lipinski definition) is 1. The maximum Gasteiger partial charge on any atom is 0.127 e. The Morgan fingerprint density at radius 1 is 1.14 bits per heavy atom. The normalized spacial score (nSPS) is 18.7. The van der Waals surface area contributed by atoms with E-state index in [-0.39, 0.29) is 5.92 Å². The van der Waals surface area contributed by atoms with Crippen LogP contribution in [0.3, 0.4) is 0 Å². The maximum absolute atomic E-state index is 10.9. The molecule has 0 saturated carbocycles. The second-order valence-electron chi connectivity index (χ2n) is 3.81. The van der Waals surface area contributed by atoms with Gasteiger partial charge in [0.25, 0.3) is 0 Å². The third-order valence-electron chi connectivity index (χ3n) is 3.03. The fraction of sp³-hybridized carbons (Fsp3) is 0.154. The molecule has 0 heterocycles.